The maximum Gasteiger partial charge on any atom is 0.416 e. The number of carbonyl (C=O) groups excluding carboxylic acids is 1. The fourth-order valence-corrected chi connectivity index (χ4v) is 3.73. The summed E-state index contributed by atoms with van der Waals surface area (Å²) in [6.45, 7) is 3.74. The molecule has 0 aliphatic rings. The summed E-state index contributed by atoms with van der Waals surface area (Å²) >= 11 is 0. The topological polar surface area (TPSA) is 66.5 Å². The van der Waals surface area contributed by atoms with Crippen LogP contribution in [-0.2, 0) is 27.5 Å². The third kappa shape index (κ3) is 6.30. The second-order valence-electron chi connectivity index (χ2n) is 6.84. The fourth-order valence-electron chi connectivity index (χ4n) is 2.61. The van der Waals surface area contributed by atoms with Gasteiger partial charge in [0.05, 0.1) is 10.5 Å². The highest BCUT2D eigenvalue weighted by Gasteiger charge is 2.30. The fraction of sp³-hybridized carbons (Fsp3) is 0.350. The summed E-state index contributed by atoms with van der Waals surface area (Å²) in [4.78, 5) is 13.7. The molecule has 0 atom stereocenters. The van der Waals surface area contributed by atoms with Crippen LogP contribution in [0.15, 0.2) is 47.4 Å². The van der Waals surface area contributed by atoms with Gasteiger partial charge < -0.3 is 4.90 Å². The van der Waals surface area contributed by atoms with Crippen molar-refractivity contribution >= 4 is 15.9 Å². The Labute approximate surface area is 168 Å². The monoisotopic (exact) mass is 428 g/mol. The van der Waals surface area contributed by atoms with Gasteiger partial charge in [0.15, 0.2) is 0 Å². The zero-order chi connectivity index (χ0) is 21.8. The summed E-state index contributed by atoms with van der Waals surface area (Å²) < 4.78 is 64.8. The Bertz CT molecular complexity index is 971. The minimum atomic E-state index is -4.41. The molecule has 0 heterocycles. The SMILES string of the molecule is Cc1ccc(S(=O)(=O)NCCC(=O)N(C)Cc2ccc(C(F)(F)F)cc2)cc1C. The number of halogens is 3. The summed E-state index contributed by atoms with van der Waals surface area (Å²) in [5.74, 6) is -0.326. The second kappa shape index (κ2) is 8.96. The molecule has 2 rings (SSSR count). The van der Waals surface area contributed by atoms with E-state index < -0.39 is 21.8 Å². The minimum Gasteiger partial charge on any atom is -0.341 e. The second-order valence-corrected chi connectivity index (χ2v) is 8.61. The number of rotatable bonds is 7. The van der Waals surface area contributed by atoms with Gasteiger partial charge in [0.1, 0.15) is 0 Å². The first-order chi connectivity index (χ1) is 13.4. The van der Waals surface area contributed by atoms with Crippen molar-refractivity contribution in [2.75, 3.05) is 13.6 Å². The summed E-state index contributed by atoms with van der Waals surface area (Å²) in [6, 6.07) is 9.34. The molecule has 0 radical (unpaired) electrons. The number of nitrogens with one attached hydrogen (secondary N) is 1. The van der Waals surface area contributed by atoms with Crippen LogP contribution in [0.4, 0.5) is 13.2 Å². The molecule has 1 N–H and O–H groups in total. The molecule has 0 bridgehead atoms. The summed E-state index contributed by atoms with van der Waals surface area (Å²) in [7, 11) is -2.21. The minimum absolute atomic E-state index is 0.0682. The lowest BCUT2D eigenvalue weighted by molar-refractivity contribution is -0.137. The lowest BCUT2D eigenvalue weighted by Gasteiger charge is -2.18. The Morgan fingerprint density at radius 3 is 2.21 bits per heavy atom. The van der Waals surface area contributed by atoms with E-state index in [1.54, 1.807) is 12.1 Å². The standard InChI is InChI=1S/C20H23F3N2O3S/c1-14-4-9-18(12-15(14)2)29(27,28)24-11-10-19(26)25(3)13-16-5-7-17(8-6-16)20(21,22)23/h4-9,12,24H,10-11,13H2,1-3H3. The van der Waals surface area contributed by atoms with Crippen LogP contribution in [0.5, 0.6) is 0 Å². The number of carbonyl (C=O) groups is 1. The zero-order valence-corrected chi connectivity index (χ0v) is 17.2. The summed E-state index contributed by atoms with van der Waals surface area (Å²) in [6.07, 6.45) is -4.48. The quantitative estimate of drug-likeness (QED) is 0.732. The van der Waals surface area contributed by atoms with Gasteiger partial charge in [-0.15, -0.1) is 0 Å². The van der Waals surface area contributed by atoms with Gasteiger partial charge in [-0.3, -0.25) is 4.79 Å². The lowest BCUT2D eigenvalue weighted by atomic mass is 10.1. The number of nitrogens with zero attached hydrogens (tertiary/aromatic N) is 1. The van der Waals surface area contributed by atoms with Crippen LogP contribution in [0, 0.1) is 13.8 Å². The molecule has 5 nitrogen and oxygen atoms in total. The highest BCUT2D eigenvalue weighted by Crippen LogP contribution is 2.29. The summed E-state index contributed by atoms with van der Waals surface area (Å²) in [5.41, 5.74) is 1.62. The predicted octanol–water partition coefficient (Wildman–Crippen LogP) is 3.65. The van der Waals surface area contributed by atoms with E-state index >= 15 is 0 Å². The van der Waals surface area contributed by atoms with E-state index in [0.29, 0.717) is 5.56 Å². The molecule has 0 aliphatic heterocycles. The van der Waals surface area contributed by atoms with E-state index in [2.05, 4.69) is 4.72 Å². The first-order valence-corrected chi connectivity index (χ1v) is 10.4. The molecule has 29 heavy (non-hydrogen) atoms. The molecule has 158 valence electrons. The molecule has 2 aromatic carbocycles. The highest BCUT2D eigenvalue weighted by atomic mass is 32.2. The van der Waals surface area contributed by atoms with Crippen LogP contribution >= 0.6 is 0 Å². The molecule has 0 spiro atoms. The molecule has 0 saturated carbocycles. The average molecular weight is 428 g/mol. The van der Waals surface area contributed by atoms with Gasteiger partial charge in [-0.05, 0) is 54.8 Å². The van der Waals surface area contributed by atoms with Crippen LogP contribution < -0.4 is 4.72 Å². The molecule has 0 fully saturated rings. The zero-order valence-electron chi connectivity index (χ0n) is 16.4. The van der Waals surface area contributed by atoms with E-state index in [9.17, 15) is 26.4 Å². The van der Waals surface area contributed by atoms with Crippen molar-refractivity contribution in [2.45, 2.75) is 37.9 Å². The molecule has 0 aromatic heterocycles. The molecule has 2 aromatic rings. The number of alkyl halides is 3. The third-order valence-electron chi connectivity index (χ3n) is 4.55. The lowest BCUT2D eigenvalue weighted by Crippen LogP contribution is -2.32. The Balaban J connectivity index is 1.89. The van der Waals surface area contributed by atoms with E-state index in [4.69, 9.17) is 0 Å². The van der Waals surface area contributed by atoms with Crippen molar-refractivity contribution in [1.29, 1.82) is 0 Å². The van der Waals surface area contributed by atoms with E-state index in [-0.39, 0.29) is 30.3 Å². The first-order valence-electron chi connectivity index (χ1n) is 8.87. The van der Waals surface area contributed by atoms with Crippen LogP contribution in [-0.4, -0.2) is 32.8 Å². The van der Waals surface area contributed by atoms with Gasteiger partial charge in [-0.2, -0.15) is 13.2 Å². The van der Waals surface area contributed by atoms with Crippen LogP contribution in [0.3, 0.4) is 0 Å². The van der Waals surface area contributed by atoms with Gasteiger partial charge in [-0.25, -0.2) is 13.1 Å². The van der Waals surface area contributed by atoms with Crippen molar-refractivity contribution in [3.63, 3.8) is 0 Å². The van der Waals surface area contributed by atoms with E-state index in [0.717, 1.165) is 23.3 Å². The largest absolute Gasteiger partial charge is 0.416 e. The molecular formula is C20H23F3N2O3S. The molecule has 0 aliphatic carbocycles. The Hall–Kier alpha value is -2.39. The molecular weight excluding hydrogens is 405 g/mol. The number of amides is 1. The molecule has 9 heteroatoms. The normalized spacial score (nSPS) is 12.1. The average Bonchev–Trinajstić information content (AvgIpc) is 2.63. The number of benzene rings is 2. The van der Waals surface area contributed by atoms with Crippen LogP contribution in [0.25, 0.3) is 0 Å². The number of sulfonamides is 1. The molecule has 0 unspecified atom stereocenters. The smallest absolute Gasteiger partial charge is 0.341 e. The molecule has 1 amide bonds. The maximum absolute atomic E-state index is 12.6. The van der Waals surface area contributed by atoms with Crippen molar-refractivity contribution in [2.24, 2.45) is 0 Å². The Morgan fingerprint density at radius 1 is 1.03 bits per heavy atom. The van der Waals surface area contributed by atoms with Crippen molar-refractivity contribution in [1.82, 2.24) is 9.62 Å². The number of hydrogen-bond acceptors (Lipinski definition) is 3. The van der Waals surface area contributed by atoms with Gasteiger partial charge in [0.2, 0.25) is 15.9 Å². The maximum atomic E-state index is 12.6. The van der Waals surface area contributed by atoms with Gasteiger partial charge in [-0.1, -0.05) is 18.2 Å². The molecule has 0 saturated heterocycles. The Morgan fingerprint density at radius 2 is 1.66 bits per heavy atom. The van der Waals surface area contributed by atoms with Gasteiger partial charge >= 0.3 is 6.18 Å². The van der Waals surface area contributed by atoms with Crippen molar-refractivity contribution in [3.8, 4) is 0 Å². The number of hydrogen-bond donors (Lipinski definition) is 1. The first kappa shape index (κ1) is 22.9. The highest BCUT2D eigenvalue weighted by molar-refractivity contribution is 7.89. The van der Waals surface area contributed by atoms with Gasteiger partial charge in [0.25, 0.3) is 0 Å². The third-order valence-corrected chi connectivity index (χ3v) is 6.01. The van der Waals surface area contributed by atoms with Crippen molar-refractivity contribution < 1.29 is 26.4 Å². The Kier molecular flexibility index (Phi) is 7.07. The van der Waals surface area contributed by atoms with Crippen molar-refractivity contribution in [3.05, 3.63) is 64.7 Å². The van der Waals surface area contributed by atoms with E-state index in [1.165, 1.54) is 30.1 Å². The number of aryl methyl sites for hydroxylation is 2. The van der Waals surface area contributed by atoms with Crippen LogP contribution in [0.1, 0.15) is 28.7 Å². The van der Waals surface area contributed by atoms with Gasteiger partial charge in [0, 0.05) is 26.6 Å². The van der Waals surface area contributed by atoms with E-state index in [1.807, 2.05) is 13.8 Å². The van der Waals surface area contributed by atoms with Crippen LogP contribution in [0.2, 0.25) is 0 Å². The summed E-state index contributed by atoms with van der Waals surface area (Å²) in [5, 5.41) is 0. The predicted molar refractivity (Wildman–Crippen MR) is 104 cm³/mol.